The average molecular weight is 659 g/mol. The second-order valence-corrected chi connectivity index (χ2v) is 15.4. The quantitative estimate of drug-likeness (QED) is 0.344. The first-order chi connectivity index (χ1) is 22.6. The van der Waals surface area contributed by atoms with Gasteiger partial charge in [0.25, 0.3) is 0 Å². The Hall–Kier alpha value is -2.28. The molecule has 6 aliphatic rings. The number of rotatable bonds is 8. The van der Waals surface area contributed by atoms with E-state index in [0.717, 1.165) is 71.1 Å². The molecule has 0 radical (unpaired) electrons. The van der Waals surface area contributed by atoms with Crippen LogP contribution in [0.1, 0.15) is 71.1 Å². The predicted octanol–water partition coefficient (Wildman–Crippen LogP) is 2.67. The van der Waals surface area contributed by atoms with Crippen LogP contribution in [0.3, 0.4) is 0 Å². The van der Waals surface area contributed by atoms with E-state index in [-0.39, 0.29) is 41.5 Å². The number of aliphatic imine (C=N–C) groups is 2. The van der Waals surface area contributed by atoms with Crippen molar-refractivity contribution in [3.8, 4) is 0 Å². The molecule has 10 nitrogen and oxygen atoms in total. The van der Waals surface area contributed by atoms with Crippen molar-refractivity contribution < 1.29 is 18.4 Å². The Balaban J connectivity index is 1.24. The second-order valence-electron chi connectivity index (χ2n) is 15.4. The van der Waals surface area contributed by atoms with Crippen LogP contribution in [0.2, 0.25) is 0 Å². The first-order valence-corrected chi connectivity index (χ1v) is 18.2. The molecule has 4 fully saturated rings. The summed E-state index contributed by atoms with van der Waals surface area (Å²) in [5.74, 6) is -1.34. The zero-order valence-corrected chi connectivity index (χ0v) is 28.3. The van der Waals surface area contributed by atoms with E-state index in [2.05, 4.69) is 39.1 Å². The molecule has 5 N–H and O–H groups in total. The number of likely N-dealkylation sites (tertiary alicyclic amines) is 1. The molecule has 6 rings (SSSR count). The van der Waals surface area contributed by atoms with Crippen LogP contribution in [0.25, 0.3) is 0 Å². The lowest BCUT2D eigenvalue weighted by molar-refractivity contribution is -0.139. The van der Waals surface area contributed by atoms with Gasteiger partial charge in [0.2, 0.25) is 11.8 Å². The molecule has 2 saturated heterocycles. The van der Waals surface area contributed by atoms with E-state index >= 15 is 4.39 Å². The lowest BCUT2D eigenvalue weighted by Gasteiger charge is -2.53. The van der Waals surface area contributed by atoms with Crippen LogP contribution >= 0.6 is 0 Å². The van der Waals surface area contributed by atoms with E-state index in [0.29, 0.717) is 32.4 Å². The number of nitrogens with zero attached hydrogens (tertiary/aromatic N) is 5. The summed E-state index contributed by atoms with van der Waals surface area (Å²) in [6, 6.07) is -1.22. The van der Waals surface area contributed by atoms with Gasteiger partial charge in [-0.05, 0) is 88.4 Å². The van der Waals surface area contributed by atoms with Crippen molar-refractivity contribution in [1.82, 2.24) is 20.0 Å². The van der Waals surface area contributed by atoms with Crippen LogP contribution in [0.5, 0.6) is 0 Å². The van der Waals surface area contributed by atoms with Crippen molar-refractivity contribution in [2.75, 3.05) is 52.9 Å². The van der Waals surface area contributed by atoms with E-state index in [1.807, 2.05) is 11.1 Å². The molecule has 2 amide bonds. The Bertz CT molecular complexity index is 1220. The van der Waals surface area contributed by atoms with E-state index in [4.69, 9.17) is 11.5 Å². The number of allylic oxidation sites excluding steroid dienone is 2. The number of likely N-dealkylation sites (N-methyl/N-ethyl adjacent to an activating group) is 1. The first kappa shape index (κ1) is 34.6. The molecular weight excluding hydrogens is 602 g/mol. The summed E-state index contributed by atoms with van der Waals surface area (Å²) < 4.78 is 31.2. The molecule has 262 valence electrons. The van der Waals surface area contributed by atoms with Gasteiger partial charge < -0.3 is 26.6 Å². The molecule has 2 aliphatic carbocycles. The Morgan fingerprint density at radius 3 is 2.40 bits per heavy atom. The molecule has 47 heavy (non-hydrogen) atoms. The number of nitrogens with one attached hydrogen (secondary N) is 1. The van der Waals surface area contributed by atoms with E-state index in [9.17, 15) is 14.0 Å². The summed E-state index contributed by atoms with van der Waals surface area (Å²) in [7, 11) is 2.08. The number of alkyl halides is 1. The van der Waals surface area contributed by atoms with Crippen molar-refractivity contribution in [2.24, 2.45) is 50.5 Å². The lowest BCUT2D eigenvalue weighted by atomic mass is 9.68. The molecule has 0 spiro atoms. The molecule has 2 saturated carbocycles. The summed E-state index contributed by atoms with van der Waals surface area (Å²) >= 11 is 0. The average Bonchev–Trinajstić information content (AvgIpc) is 3.73. The third-order valence-corrected chi connectivity index (χ3v) is 12.5. The van der Waals surface area contributed by atoms with Crippen molar-refractivity contribution in [1.29, 1.82) is 0 Å². The number of piperazine rings is 1. The van der Waals surface area contributed by atoms with E-state index in [1.54, 1.807) is 6.08 Å². The van der Waals surface area contributed by atoms with E-state index in [1.165, 1.54) is 6.21 Å². The number of amides is 2. The van der Waals surface area contributed by atoms with Gasteiger partial charge in [-0.1, -0.05) is 26.2 Å². The van der Waals surface area contributed by atoms with E-state index < -0.39 is 41.7 Å². The summed E-state index contributed by atoms with van der Waals surface area (Å²) in [4.78, 5) is 43.4. The van der Waals surface area contributed by atoms with Gasteiger partial charge in [-0.2, -0.15) is 0 Å². The Labute approximate surface area is 278 Å². The summed E-state index contributed by atoms with van der Waals surface area (Å²) in [5.41, 5.74) is 11.4. The summed E-state index contributed by atoms with van der Waals surface area (Å²) in [6.07, 6.45) is 10.8. The molecule has 0 bridgehead atoms. The minimum Gasteiger partial charge on any atom is -0.343 e. The van der Waals surface area contributed by atoms with Gasteiger partial charge in [0.1, 0.15) is 12.0 Å². The van der Waals surface area contributed by atoms with Crippen LogP contribution in [-0.2, 0) is 9.59 Å². The number of carbonyl (C=O) groups excluding carboxylic acids is 2. The highest BCUT2D eigenvalue weighted by Crippen LogP contribution is 2.60. The van der Waals surface area contributed by atoms with Crippen molar-refractivity contribution in [3.63, 3.8) is 0 Å². The predicted molar refractivity (Wildman–Crippen MR) is 180 cm³/mol. The number of nitrogens with two attached hydrogens (primary N) is 2. The topological polar surface area (TPSA) is 133 Å². The minimum absolute atomic E-state index is 0.00997. The maximum absolute atomic E-state index is 16.4. The molecule has 0 aromatic heterocycles. The van der Waals surface area contributed by atoms with Gasteiger partial charge in [0, 0.05) is 38.3 Å². The SMILES string of the molecule is CC[C@@]12/C=C(F)\C=N/C(C(C(=O)NC3(C4CCCCC4)C=NCC(F)C3N3CCC(C(=O)N4CCN(C)CC4)CC3)C(N)N)CC1C2. The van der Waals surface area contributed by atoms with Crippen LogP contribution in [0, 0.1) is 29.1 Å². The highest BCUT2D eigenvalue weighted by atomic mass is 19.1. The fourth-order valence-corrected chi connectivity index (χ4v) is 9.56. The zero-order chi connectivity index (χ0) is 33.3. The largest absolute Gasteiger partial charge is 0.343 e. The first-order valence-electron chi connectivity index (χ1n) is 18.2. The van der Waals surface area contributed by atoms with Crippen LogP contribution in [0.4, 0.5) is 8.78 Å². The van der Waals surface area contributed by atoms with Crippen LogP contribution < -0.4 is 16.8 Å². The zero-order valence-electron chi connectivity index (χ0n) is 28.3. The van der Waals surface area contributed by atoms with Crippen molar-refractivity contribution >= 4 is 24.2 Å². The number of fused-ring (bicyclic) bond motifs is 1. The minimum atomic E-state index is -1.28. The van der Waals surface area contributed by atoms with Crippen molar-refractivity contribution in [3.05, 3.63) is 11.9 Å². The Morgan fingerprint density at radius 1 is 1.04 bits per heavy atom. The highest BCUT2D eigenvalue weighted by molar-refractivity contribution is 5.88. The second kappa shape index (κ2) is 14.3. The van der Waals surface area contributed by atoms with Gasteiger partial charge in [-0.15, -0.1) is 0 Å². The third kappa shape index (κ3) is 7.07. The summed E-state index contributed by atoms with van der Waals surface area (Å²) in [6.45, 7) is 6.50. The molecule has 7 atom stereocenters. The number of carbonyl (C=O) groups is 2. The number of piperidine rings is 1. The standard InChI is InChI=1S/C35H56F2N8O2/c1-3-34-18-25(34)17-28(41-20-26(36)19-34)29(31(38)39)32(46)42-35(24-7-5-4-6-8-24)22-40-21-27(37)30(35)44-11-9-23(10-12-44)33(47)45-15-13-43(2)14-16-45/h19-20,22-25,27-31H,3-18,21,38-39H2,1-2H3,(H,42,46)/b26-19+,41-20-/t25?,27?,28?,29?,30?,34-,35?/m1/s1. The normalized spacial score (nSPS) is 38.5. The molecule has 4 heterocycles. The number of hydrogen-bond acceptors (Lipinski definition) is 8. The summed E-state index contributed by atoms with van der Waals surface area (Å²) in [5, 5.41) is 3.36. The van der Waals surface area contributed by atoms with Gasteiger partial charge in [-0.25, -0.2) is 8.78 Å². The molecule has 4 aliphatic heterocycles. The number of halogens is 2. The fourth-order valence-electron chi connectivity index (χ4n) is 9.56. The molecule has 12 heteroatoms. The Kier molecular flexibility index (Phi) is 10.5. The highest BCUT2D eigenvalue weighted by Gasteiger charge is 2.56. The van der Waals surface area contributed by atoms with Gasteiger partial charge in [0.05, 0.1) is 42.5 Å². The molecule has 6 unspecified atom stereocenters. The van der Waals surface area contributed by atoms with Crippen LogP contribution in [0.15, 0.2) is 21.9 Å². The van der Waals surface area contributed by atoms with Crippen molar-refractivity contribution in [2.45, 2.75) is 101 Å². The monoisotopic (exact) mass is 658 g/mol. The maximum atomic E-state index is 16.4. The molecule has 0 aromatic rings. The fraction of sp³-hybridized carbons (Fsp3) is 0.829. The van der Waals surface area contributed by atoms with Crippen LogP contribution in [-0.4, -0.2) is 122 Å². The Morgan fingerprint density at radius 2 is 1.74 bits per heavy atom. The lowest BCUT2D eigenvalue weighted by Crippen LogP contribution is -2.73. The maximum Gasteiger partial charge on any atom is 0.229 e. The number of hydrogen-bond donors (Lipinski definition) is 3. The van der Waals surface area contributed by atoms with Gasteiger partial charge in [0.15, 0.2) is 0 Å². The molecular formula is C35H56F2N8O2. The smallest absolute Gasteiger partial charge is 0.229 e. The van der Waals surface area contributed by atoms with Gasteiger partial charge >= 0.3 is 0 Å². The third-order valence-electron chi connectivity index (χ3n) is 12.5. The van der Waals surface area contributed by atoms with Gasteiger partial charge in [-0.3, -0.25) is 24.5 Å². The molecule has 0 aromatic carbocycles.